The van der Waals surface area contributed by atoms with Crippen LogP contribution in [0.2, 0.25) is 0 Å². The van der Waals surface area contributed by atoms with Crippen LogP contribution in [0.4, 0.5) is 4.79 Å². The third-order valence-corrected chi connectivity index (χ3v) is 2.87. The summed E-state index contributed by atoms with van der Waals surface area (Å²) in [5, 5.41) is 10.2. The second-order valence-electron chi connectivity index (χ2n) is 4.19. The summed E-state index contributed by atoms with van der Waals surface area (Å²) in [4.78, 5) is 39.0. The Morgan fingerprint density at radius 2 is 1.95 bits per heavy atom. The number of hydrogen-bond donors (Lipinski definition) is 1. The standard InChI is InChI=1S/C14H14N2O6/c1-3-21-13(19)9-7-16(14(20)22-4-2)12(18)10(9)8-5-6-15-11(8)17/h5-7,18H,3-4H2,1-2H3. The fraction of sp³-hybridized carbons (Fsp3) is 0.286. The molecular weight excluding hydrogens is 292 g/mol. The molecule has 2 heterocycles. The number of aliphatic imine (C=N–C) groups is 1. The van der Waals surface area contributed by atoms with Crippen molar-refractivity contribution in [1.82, 2.24) is 4.57 Å². The van der Waals surface area contributed by atoms with Gasteiger partial charge in [-0.1, -0.05) is 0 Å². The van der Waals surface area contributed by atoms with Gasteiger partial charge in [-0.3, -0.25) is 4.79 Å². The lowest BCUT2D eigenvalue weighted by molar-refractivity contribution is -0.112. The number of carbonyl (C=O) groups is 3. The third-order valence-electron chi connectivity index (χ3n) is 2.87. The molecule has 1 amide bonds. The molecule has 22 heavy (non-hydrogen) atoms. The van der Waals surface area contributed by atoms with Crippen molar-refractivity contribution in [3.8, 4) is 5.88 Å². The predicted octanol–water partition coefficient (Wildman–Crippen LogP) is 1.37. The first-order valence-electron chi connectivity index (χ1n) is 6.58. The van der Waals surface area contributed by atoms with Gasteiger partial charge in [0.25, 0.3) is 5.91 Å². The highest BCUT2D eigenvalue weighted by Crippen LogP contribution is 2.33. The third kappa shape index (κ3) is 2.62. The first kappa shape index (κ1) is 15.5. The highest BCUT2D eigenvalue weighted by molar-refractivity contribution is 6.30. The molecule has 0 saturated heterocycles. The minimum atomic E-state index is -0.872. The van der Waals surface area contributed by atoms with Crippen molar-refractivity contribution in [1.29, 1.82) is 0 Å². The van der Waals surface area contributed by atoms with E-state index in [-0.39, 0.29) is 29.9 Å². The van der Waals surface area contributed by atoms with Gasteiger partial charge >= 0.3 is 12.1 Å². The normalized spacial score (nSPS) is 13.2. The lowest BCUT2D eigenvalue weighted by Crippen LogP contribution is -2.12. The predicted molar refractivity (Wildman–Crippen MR) is 75.9 cm³/mol. The second kappa shape index (κ2) is 6.25. The number of allylic oxidation sites excluding steroid dienone is 1. The van der Waals surface area contributed by atoms with E-state index in [1.165, 1.54) is 12.3 Å². The molecule has 0 atom stereocenters. The number of ether oxygens (including phenoxy) is 2. The van der Waals surface area contributed by atoms with Crippen molar-refractivity contribution in [2.45, 2.75) is 13.8 Å². The van der Waals surface area contributed by atoms with Gasteiger partial charge in [0.2, 0.25) is 5.88 Å². The molecule has 0 saturated carbocycles. The zero-order valence-electron chi connectivity index (χ0n) is 12.0. The van der Waals surface area contributed by atoms with Crippen molar-refractivity contribution in [2.24, 2.45) is 4.99 Å². The Kier molecular flexibility index (Phi) is 4.40. The summed E-state index contributed by atoms with van der Waals surface area (Å²) in [6.45, 7) is 3.41. The molecule has 1 aromatic heterocycles. The van der Waals surface area contributed by atoms with Crippen LogP contribution in [0.5, 0.6) is 5.88 Å². The van der Waals surface area contributed by atoms with E-state index in [9.17, 15) is 19.5 Å². The first-order chi connectivity index (χ1) is 10.5. The first-order valence-corrected chi connectivity index (χ1v) is 6.58. The van der Waals surface area contributed by atoms with Crippen molar-refractivity contribution in [2.75, 3.05) is 13.2 Å². The summed E-state index contributed by atoms with van der Waals surface area (Å²) >= 11 is 0. The molecule has 0 bridgehead atoms. The maximum Gasteiger partial charge on any atom is 0.420 e. The van der Waals surface area contributed by atoms with E-state index < -0.39 is 23.8 Å². The molecule has 1 N–H and O–H groups in total. The lowest BCUT2D eigenvalue weighted by Gasteiger charge is -2.05. The maximum absolute atomic E-state index is 12.0. The summed E-state index contributed by atoms with van der Waals surface area (Å²) in [5.74, 6) is -1.97. The van der Waals surface area contributed by atoms with E-state index in [1.807, 2.05) is 0 Å². The van der Waals surface area contributed by atoms with Crippen molar-refractivity contribution in [3.05, 3.63) is 23.4 Å². The van der Waals surface area contributed by atoms with Crippen molar-refractivity contribution in [3.63, 3.8) is 0 Å². The summed E-state index contributed by atoms with van der Waals surface area (Å²) in [7, 11) is 0. The van der Waals surface area contributed by atoms with Gasteiger partial charge in [0.05, 0.1) is 29.9 Å². The van der Waals surface area contributed by atoms with Crippen LogP contribution < -0.4 is 0 Å². The lowest BCUT2D eigenvalue weighted by atomic mass is 10.0. The van der Waals surface area contributed by atoms with E-state index in [1.54, 1.807) is 13.8 Å². The van der Waals surface area contributed by atoms with Gasteiger partial charge in [0.15, 0.2) is 0 Å². The van der Waals surface area contributed by atoms with Gasteiger partial charge in [-0.15, -0.1) is 0 Å². The minimum Gasteiger partial charge on any atom is -0.494 e. The average molecular weight is 306 g/mol. The number of aromatic nitrogens is 1. The number of amides is 1. The van der Waals surface area contributed by atoms with Crippen LogP contribution in [-0.2, 0) is 14.3 Å². The van der Waals surface area contributed by atoms with E-state index in [0.717, 1.165) is 10.8 Å². The number of aromatic hydroxyl groups is 1. The van der Waals surface area contributed by atoms with Crippen LogP contribution in [-0.4, -0.2) is 47.1 Å². The van der Waals surface area contributed by atoms with E-state index >= 15 is 0 Å². The molecular formula is C14H14N2O6. The summed E-state index contributed by atoms with van der Waals surface area (Å²) in [6.07, 6.45) is 2.79. The average Bonchev–Trinajstić information content (AvgIpc) is 3.03. The summed E-state index contributed by atoms with van der Waals surface area (Å²) in [5.41, 5.74) is -0.213. The molecule has 8 heteroatoms. The summed E-state index contributed by atoms with van der Waals surface area (Å²) in [6, 6.07) is 0. The van der Waals surface area contributed by atoms with E-state index in [0.29, 0.717) is 0 Å². The maximum atomic E-state index is 12.0. The number of nitrogens with zero attached hydrogens (tertiary/aromatic N) is 2. The highest BCUT2D eigenvalue weighted by atomic mass is 16.6. The molecule has 8 nitrogen and oxygen atoms in total. The zero-order chi connectivity index (χ0) is 16.3. The molecule has 1 aromatic rings. The van der Waals surface area contributed by atoms with Crippen LogP contribution in [0.25, 0.3) is 5.57 Å². The number of carbonyl (C=O) groups excluding carboxylic acids is 3. The van der Waals surface area contributed by atoms with Gasteiger partial charge in [0.1, 0.15) is 0 Å². The van der Waals surface area contributed by atoms with Gasteiger partial charge in [-0.05, 0) is 19.9 Å². The Morgan fingerprint density at radius 1 is 1.27 bits per heavy atom. The molecule has 0 aromatic carbocycles. The Bertz CT molecular complexity index is 698. The van der Waals surface area contributed by atoms with Gasteiger partial charge in [-0.25, -0.2) is 19.1 Å². The zero-order valence-corrected chi connectivity index (χ0v) is 12.0. The van der Waals surface area contributed by atoms with Crippen molar-refractivity contribution >= 4 is 29.8 Å². The Hall–Kier alpha value is -2.90. The Morgan fingerprint density at radius 3 is 2.50 bits per heavy atom. The molecule has 0 radical (unpaired) electrons. The highest BCUT2D eigenvalue weighted by Gasteiger charge is 2.30. The SMILES string of the molecule is CCOC(=O)c1cn(C(=O)OCC)c(O)c1C1=CC=NC1=O. The monoisotopic (exact) mass is 306 g/mol. The van der Waals surface area contributed by atoms with Crippen LogP contribution in [0.1, 0.15) is 29.8 Å². The fourth-order valence-corrected chi connectivity index (χ4v) is 1.97. The van der Waals surface area contributed by atoms with Crippen molar-refractivity contribution < 1.29 is 29.0 Å². The van der Waals surface area contributed by atoms with Crippen LogP contribution >= 0.6 is 0 Å². The van der Waals surface area contributed by atoms with Crippen LogP contribution in [0.15, 0.2) is 17.3 Å². The van der Waals surface area contributed by atoms with Gasteiger partial charge < -0.3 is 14.6 Å². The number of rotatable bonds is 4. The van der Waals surface area contributed by atoms with E-state index in [2.05, 4.69) is 4.99 Å². The Balaban J connectivity index is 2.56. The number of esters is 1. The number of hydrogen-bond acceptors (Lipinski definition) is 6. The second-order valence-corrected chi connectivity index (χ2v) is 4.19. The molecule has 0 aliphatic carbocycles. The summed E-state index contributed by atoms with van der Waals surface area (Å²) < 4.78 is 10.4. The van der Waals surface area contributed by atoms with Crippen LogP contribution in [0, 0.1) is 0 Å². The van der Waals surface area contributed by atoms with Gasteiger partial charge in [0, 0.05) is 12.4 Å². The molecule has 1 aliphatic heterocycles. The topological polar surface area (TPSA) is 107 Å². The fourth-order valence-electron chi connectivity index (χ4n) is 1.97. The molecule has 1 aliphatic rings. The van der Waals surface area contributed by atoms with Gasteiger partial charge in [-0.2, -0.15) is 0 Å². The van der Waals surface area contributed by atoms with Crippen LogP contribution in [0.3, 0.4) is 0 Å². The molecule has 0 unspecified atom stereocenters. The van der Waals surface area contributed by atoms with E-state index in [4.69, 9.17) is 9.47 Å². The largest absolute Gasteiger partial charge is 0.494 e. The quantitative estimate of drug-likeness (QED) is 0.842. The minimum absolute atomic E-state index is 0.00333. The molecule has 2 rings (SSSR count). The smallest absolute Gasteiger partial charge is 0.420 e. The Labute approximate surface area is 125 Å². The molecule has 116 valence electrons. The molecule has 0 spiro atoms. The molecule has 0 fully saturated rings.